The normalized spacial score (nSPS) is 18.9. The smallest absolute Gasteiger partial charge is 0.407 e. The zero-order chi connectivity index (χ0) is 19.8. The summed E-state index contributed by atoms with van der Waals surface area (Å²) in [6, 6.07) is 8.70. The molecule has 0 heterocycles. The lowest BCUT2D eigenvalue weighted by Crippen LogP contribution is -2.45. The summed E-state index contributed by atoms with van der Waals surface area (Å²) in [6.45, 7) is -0.628. The molecule has 1 aliphatic rings. The summed E-state index contributed by atoms with van der Waals surface area (Å²) in [6.07, 6.45) is -1.10. The maximum Gasteiger partial charge on any atom is 0.407 e. The summed E-state index contributed by atoms with van der Waals surface area (Å²) in [4.78, 5) is 12.6. The first kappa shape index (κ1) is 19.8. The number of sulfone groups is 1. The Morgan fingerprint density at radius 1 is 1.22 bits per heavy atom. The van der Waals surface area contributed by atoms with E-state index in [1.165, 1.54) is 12.1 Å². The van der Waals surface area contributed by atoms with Crippen molar-refractivity contribution in [3.8, 4) is 0 Å². The molecule has 144 valence electrons. The van der Waals surface area contributed by atoms with Crippen LogP contribution >= 0.6 is 15.9 Å². The number of carbonyl (C=O) groups is 1. The molecule has 1 aliphatic carbocycles. The van der Waals surface area contributed by atoms with Crippen LogP contribution in [0.4, 0.5) is 9.18 Å². The van der Waals surface area contributed by atoms with Gasteiger partial charge in [-0.05, 0) is 53.9 Å². The number of halogens is 2. The largest absolute Gasteiger partial charge is 0.465 e. The van der Waals surface area contributed by atoms with Gasteiger partial charge in [0.2, 0.25) is 0 Å². The highest BCUT2D eigenvalue weighted by Crippen LogP contribution is 2.43. The van der Waals surface area contributed by atoms with Gasteiger partial charge in [0, 0.05) is 11.0 Å². The van der Waals surface area contributed by atoms with E-state index in [1.54, 1.807) is 18.2 Å². The van der Waals surface area contributed by atoms with Crippen LogP contribution in [-0.4, -0.2) is 48.8 Å². The molecule has 0 aliphatic heterocycles. The molecule has 2 aromatic rings. The fourth-order valence-electron chi connectivity index (χ4n) is 3.50. The van der Waals surface area contributed by atoms with Crippen LogP contribution in [0.2, 0.25) is 0 Å². The molecular weight excluding hydrogens is 441 g/mol. The third-order valence-corrected chi connectivity index (χ3v) is 7.31. The van der Waals surface area contributed by atoms with E-state index in [4.69, 9.17) is 0 Å². The molecule has 0 radical (unpaired) electrons. The van der Waals surface area contributed by atoms with Gasteiger partial charge in [0.05, 0.1) is 17.5 Å². The van der Waals surface area contributed by atoms with Crippen molar-refractivity contribution in [3.63, 3.8) is 0 Å². The Kier molecular flexibility index (Phi) is 5.55. The van der Waals surface area contributed by atoms with Gasteiger partial charge in [0.1, 0.15) is 11.1 Å². The van der Waals surface area contributed by atoms with E-state index < -0.39 is 39.6 Å². The van der Waals surface area contributed by atoms with Crippen molar-refractivity contribution < 1.29 is 27.8 Å². The van der Waals surface area contributed by atoms with Crippen molar-refractivity contribution in [1.29, 1.82) is 0 Å². The number of hydrogen-bond acceptors (Lipinski definition) is 4. The average Bonchev–Trinajstić information content (AvgIpc) is 2.98. The summed E-state index contributed by atoms with van der Waals surface area (Å²) in [5.41, 5.74) is 1.23. The number of benzene rings is 2. The highest BCUT2D eigenvalue weighted by molar-refractivity contribution is 9.10. The number of hydrogen-bond donors (Lipinski definition) is 2. The minimum Gasteiger partial charge on any atom is -0.465 e. The molecule has 2 N–H and O–H groups in total. The van der Waals surface area contributed by atoms with Gasteiger partial charge < -0.3 is 15.1 Å². The molecule has 0 saturated heterocycles. The van der Waals surface area contributed by atoms with Gasteiger partial charge in [-0.15, -0.1) is 0 Å². The van der Waals surface area contributed by atoms with Crippen LogP contribution in [0, 0.1) is 5.82 Å². The van der Waals surface area contributed by atoms with E-state index >= 15 is 0 Å². The van der Waals surface area contributed by atoms with Crippen molar-refractivity contribution in [2.75, 3.05) is 13.2 Å². The molecule has 0 bridgehead atoms. The van der Waals surface area contributed by atoms with Gasteiger partial charge in [-0.2, -0.15) is 0 Å². The maximum atomic E-state index is 13.3. The standard InChI is InChI=1S/C18H17BrFNO5S/c19-12-1-6-15-11(9-12)10-16(21(7-8-22)18(23)24)17(15)27(25,26)14-4-2-13(20)3-5-14/h1-6,9,16-17,22H,7-8,10H2,(H,23,24). The lowest BCUT2D eigenvalue weighted by Gasteiger charge is -2.30. The van der Waals surface area contributed by atoms with Crippen LogP contribution < -0.4 is 0 Å². The van der Waals surface area contributed by atoms with E-state index in [0.29, 0.717) is 11.1 Å². The highest BCUT2D eigenvalue weighted by Gasteiger charge is 2.46. The Hall–Kier alpha value is -1.97. The Bertz CT molecular complexity index is 964. The molecule has 9 heteroatoms. The number of aliphatic hydroxyl groups excluding tert-OH is 1. The predicted octanol–water partition coefficient (Wildman–Crippen LogP) is 3.00. The summed E-state index contributed by atoms with van der Waals surface area (Å²) < 4.78 is 40.6. The van der Waals surface area contributed by atoms with Crippen LogP contribution in [-0.2, 0) is 16.3 Å². The number of aliphatic hydroxyl groups is 1. The van der Waals surface area contributed by atoms with E-state index in [2.05, 4.69) is 15.9 Å². The van der Waals surface area contributed by atoms with E-state index in [0.717, 1.165) is 21.5 Å². The number of amides is 1. The van der Waals surface area contributed by atoms with Crippen LogP contribution in [0.1, 0.15) is 16.4 Å². The molecule has 6 nitrogen and oxygen atoms in total. The molecular formula is C18H17BrFNO5S. The van der Waals surface area contributed by atoms with Gasteiger partial charge in [0.25, 0.3) is 0 Å². The van der Waals surface area contributed by atoms with Gasteiger partial charge in [-0.25, -0.2) is 17.6 Å². The maximum absolute atomic E-state index is 13.3. The van der Waals surface area contributed by atoms with Crippen LogP contribution in [0.3, 0.4) is 0 Å². The minimum atomic E-state index is -4.00. The first-order valence-electron chi connectivity index (χ1n) is 8.14. The third-order valence-electron chi connectivity index (χ3n) is 4.65. The van der Waals surface area contributed by atoms with E-state index in [1.807, 2.05) is 0 Å². The van der Waals surface area contributed by atoms with E-state index in [9.17, 15) is 27.8 Å². The first-order chi connectivity index (χ1) is 12.8. The Morgan fingerprint density at radius 3 is 2.48 bits per heavy atom. The van der Waals surface area contributed by atoms with Gasteiger partial charge in [0.15, 0.2) is 9.84 Å². The van der Waals surface area contributed by atoms with Gasteiger partial charge in [-0.1, -0.05) is 22.0 Å². The summed E-state index contributed by atoms with van der Waals surface area (Å²) in [7, 11) is -4.00. The Labute approximate surface area is 164 Å². The summed E-state index contributed by atoms with van der Waals surface area (Å²) >= 11 is 3.34. The molecule has 0 spiro atoms. The molecule has 0 saturated carbocycles. The van der Waals surface area contributed by atoms with Gasteiger partial charge in [-0.3, -0.25) is 0 Å². The number of rotatable bonds is 5. The molecule has 2 aromatic carbocycles. The van der Waals surface area contributed by atoms with E-state index in [-0.39, 0.29) is 17.9 Å². The fourth-order valence-corrected chi connectivity index (χ4v) is 5.94. The number of carboxylic acid groups (broad SMARTS) is 1. The van der Waals surface area contributed by atoms with Crippen LogP contribution in [0.15, 0.2) is 51.8 Å². The third kappa shape index (κ3) is 3.71. The summed E-state index contributed by atoms with van der Waals surface area (Å²) in [5, 5.41) is 17.6. The van der Waals surface area contributed by atoms with Crippen molar-refractivity contribution in [2.45, 2.75) is 22.6 Å². The summed E-state index contributed by atoms with van der Waals surface area (Å²) in [5.74, 6) is -0.561. The lowest BCUT2D eigenvalue weighted by atomic mass is 10.1. The minimum absolute atomic E-state index is 0.0796. The van der Waals surface area contributed by atoms with Crippen LogP contribution in [0.25, 0.3) is 0 Å². The van der Waals surface area contributed by atoms with Crippen molar-refractivity contribution in [3.05, 3.63) is 63.9 Å². The zero-order valence-electron chi connectivity index (χ0n) is 14.0. The molecule has 3 rings (SSSR count). The molecule has 2 atom stereocenters. The second kappa shape index (κ2) is 7.57. The molecule has 27 heavy (non-hydrogen) atoms. The quantitative estimate of drug-likeness (QED) is 0.672. The van der Waals surface area contributed by atoms with Crippen molar-refractivity contribution in [1.82, 2.24) is 4.90 Å². The Morgan fingerprint density at radius 2 is 1.89 bits per heavy atom. The second-order valence-corrected chi connectivity index (χ2v) is 9.22. The van der Waals surface area contributed by atoms with Crippen molar-refractivity contribution >= 4 is 31.9 Å². The first-order valence-corrected chi connectivity index (χ1v) is 10.5. The highest BCUT2D eigenvalue weighted by atomic mass is 79.9. The topological polar surface area (TPSA) is 94.9 Å². The van der Waals surface area contributed by atoms with Crippen molar-refractivity contribution in [2.24, 2.45) is 0 Å². The molecule has 0 fully saturated rings. The zero-order valence-corrected chi connectivity index (χ0v) is 16.5. The Balaban J connectivity index is 2.14. The van der Waals surface area contributed by atoms with Gasteiger partial charge >= 0.3 is 6.09 Å². The predicted molar refractivity (Wildman–Crippen MR) is 99.8 cm³/mol. The van der Waals surface area contributed by atoms with Crippen LogP contribution in [0.5, 0.6) is 0 Å². The monoisotopic (exact) mass is 457 g/mol. The molecule has 2 unspecified atom stereocenters. The molecule has 0 aromatic heterocycles. The SMILES string of the molecule is O=C(O)N(CCO)C1Cc2cc(Br)ccc2C1S(=O)(=O)c1ccc(F)cc1. The molecule has 1 amide bonds. The number of nitrogens with zero attached hydrogens (tertiary/aromatic N) is 1. The average molecular weight is 458 g/mol. The lowest BCUT2D eigenvalue weighted by molar-refractivity contribution is 0.110. The second-order valence-electron chi connectivity index (χ2n) is 6.23. The number of fused-ring (bicyclic) bond motifs is 1. The fraction of sp³-hybridized carbons (Fsp3) is 0.278.